The van der Waals surface area contributed by atoms with E-state index in [2.05, 4.69) is 0 Å². The summed E-state index contributed by atoms with van der Waals surface area (Å²) in [6.45, 7) is 2.83. The van der Waals surface area contributed by atoms with Crippen LogP contribution in [0, 0.1) is 16.0 Å². The maximum Gasteiger partial charge on any atom is 0.269 e. The molecular weight excluding hydrogens is 276 g/mol. The Morgan fingerprint density at radius 2 is 2.14 bits per heavy atom. The van der Waals surface area contributed by atoms with Crippen LogP contribution in [0.3, 0.4) is 0 Å². The summed E-state index contributed by atoms with van der Waals surface area (Å²) in [5.74, 6) is 0.327. The molecule has 0 radical (unpaired) electrons. The van der Waals surface area contributed by atoms with Crippen LogP contribution in [-0.4, -0.2) is 46.6 Å². The zero-order valence-electron chi connectivity index (χ0n) is 11.8. The largest absolute Gasteiger partial charge is 0.484 e. The average Bonchev–Trinajstić information content (AvgIpc) is 2.48. The molecule has 2 atom stereocenters. The highest BCUT2D eigenvalue weighted by atomic mass is 16.6. The number of piperidine rings is 1. The van der Waals surface area contributed by atoms with Crippen molar-refractivity contribution in [2.75, 3.05) is 19.7 Å². The quantitative estimate of drug-likeness (QED) is 0.665. The number of ether oxygens (including phenoxy) is 1. The fourth-order valence-corrected chi connectivity index (χ4v) is 2.26. The summed E-state index contributed by atoms with van der Waals surface area (Å²) in [5, 5.41) is 20.2. The number of non-ortho nitro benzene ring substituents is 1. The molecule has 1 N–H and O–H groups in total. The van der Waals surface area contributed by atoms with E-state index in [1.54, 1.807) is 4.90 Å². The number of aliphatic hydroxyl groups is 1. The molecule has 1 heterocycles. The van der Waals surface area contributed by atoms with Gasteiger partial charge in [-0.3, -0.25) is 14.9 Å². The maximum atomic E-state index is 12.0. The Morgan fingerprint density at radius 3 is 2.71 bits per heavy atom. The molecule has 0 bridgehead atoms. The molecule has 1 aliphatic rings. The van der Waals surface area contributed by atoms with E-state index in [0.717, 1.165) is 0 Å². The Kier molecular flexibility index (Phi) is 4.74. The van der Waals surface area contributed by atoms with Crippen LogP contribution in [0.15, 0.2) is 24.3 Å². The molecule has 0 aromatic heterocycles. The highest BCUT2D eigenvalue weighted by molar-refractivity contribution is 5.77. The predicted molar refractivity (Wildman–Crippen MR) is 75.0 cm³/mol. The minimum Gasteiger partial charge on any atom is -0.484 e. The smallest absolute Gasteiger partial charge is 0.269 e. The molecule has 0 aliphatic carbocycles. The van der Waals surface area contributed by atoms with Crippen molar-refractivity contribution in [1.29, 1.82) is 0 Å². The van der Waals surface area contributed by atoms with E-state index in [4.69, 9.17) is 4.74 Å². The fraction of sp³-hybridized carbons (Fsp3) is 0.500. The monoisotopic (exact) mass is 294 g/mol. The first-order chi connectivity index (χ1) is 9.97. The van der Waals surface area contributed by atoms with E-state index in [-0.39, 0.29) is 30.2 Å². The Hall–Kier alpha value is -2.15. The lowest BCUT2D eigenvalue weighted by atomic mass is 9.97. The standard InChI is InChI=1S/C14H18N2O5/c1-10-8-15(7-6-13(10)17)14(18)9-21-12-4-2-11(3-5-12)16(19)20/h2-5,10,13,17H,6-9H2,1H3. The number of aliphatic hydroxyl groups excluding tert-OH is 1. The van der Waals surface area contributed by atoms with Crippen LogP contribution in [0.5, 0.6) is 5.75 Å². The molecule has 1 saturated heterocycles. The molecule has 1 aromatic carbocycles. The summed E-state index contributed by atoms with van der Waals surface area (Å²) in [6.07, 6.45) is 0.217. The molecule has 114 valence electrons. The number of rotatable bonds is 4. The van der Waals surface area contributed by atoms with Crippen LogP contribution in [-0.2, 0) is 4.79 Å². The second kappa shape index (κ2) is 6.53. The summed E-state index contributed by atoms with van der Waals surface area (Å²) < 4.78 is 5.34. The number of carbonyl (C=O) groups excluding carboxylic acids is 1. The Morgan fingerprint density at radius 1 is 1.48 bits per heavy atom. The van der Waals surface area contributed by atoms with Crippen molar-refractivity contribution >= 4 is 11.6 Å². The average molecular weight is 294 g/mol. The second-order valence-electron chi connectivity index (χ2n) is 5.21. The van der Waals surface area contributed by atoms with Crippen molar-refractivity contribution in [2.45, 2.75) is 19.4 Å². The van der Waals surface area contributed by atoms with E-state index in [0.29, 0.717) is 25.3 Å². The number of likely N-dealkylation sites (tertiary alicyclic amines) is 1. The number of hydrogen-bond acceptors (Lipinski definition) is 5. The number of benzene rings is 1. The van der Waals surface area contributed by atoms with Gasteiger partial charge < -0.3 is 14.7 Å². The molecule has 2 unspecified atom stereocenters. The minimum atomic E-state index is -0.491. The zero-order chi connectivity index (χ0) is 15.4. The molecule has 7 heteroatoms. The van der Waals surface area contributed by atoms with Crippen molar-refractivity contribution < 1.29 is 19.6 Å². The van der Waals surface area contributed by atoms with Gasteiger partial charge in [0.1, 0.15) is 5.75 Å². The molecule has 0 spiro atoms. The Bertz CT molecular complexity index is 517. The molecule has 21 heavy (non-hydrogen) atoms. The first-order valence-electron chi connectivity index (χ1n) is 6.80. The predicted octanol–water partition coefficient (Wildman–Crippen LogP) is 1.20. The minimum absolute atomic E-state index is 0.0208. The van der Waals surface area contributed by atoms with Gasteiger partial charge in [-0.1, -0.05) is 6.92 Å². The molecule has 7 nitrogen and oxygen atoms in total. The molecule has 1 amide bonds. The van der Waals surface area contributed by atoms with Crippen LogP contribution in [0.2, 0.25) is 0 Å². The van der Waals surface area contributed by atoms with Gasteiger partial charge in [-0.25, -0.2) is 0 Å². The second-order valence-corrected chi connectivity index (χ2v) is 5.21. The van der Waals surface area contributed by atoms with Crippen molar-refractivity contribution in [2.24, 2.45) is 5.92 Å². The third-order valence-corrected chi connectivity index (χ3v) is 3.62. The van der Waals surface area contributed by atoms with Gasteiger partial charge in [0.2, 0.25) is 0 Å². The molecular formula is C14H18N2O5. The maximum absolute atomic E-state index is 12.0. The summed E-state index contributed by atoms with van der Waals surface area (Å²) in [4.78, 5) is 23.7. The lowest BCUT2D eigenvalue weighted by molar-refractivity contribution is -0.384. The van der Waals surface area contributed by atoms with Crippen LogP contribution >= 0.6 is 0 Å². The molecule has 1 fully saturated rings. The van der Waals surface area contributed by atoms with Crippen LogP contribution in [0.4, 0.5) is 5.69 Å². The highest BCUT2D eigenvalue weighted by Crippen LogP contribution is 2.19. The third-order valence-electron chi connectivity index (χ3n) is 3.62. The third kappa shape index (κ3) is 3.91. The van der Waals surface area contributed by atoms with Crippen molar-refractivity contribution in [3.63, 3.8) is 0 Å². The topological polar surface area (TPSA) is 92.9 Å². The van der Waals surface area contributed by atoms with E-state index in [1.807, 2.05) is 6.92 Å². The first kappa shape index (κ1) is 15.2. The lowest BCUT2D eigenvalue weighted by Crippen LogP contribution is -2.46. The lowest BCUT2D eigenvalue weighted by Gasteiger charge is -2.34. The number of hydrogen-bond donors (Lipinski definition) is 1. The van der Waals surface area contributed by atoms with Crippen molar-refractivity contribution in [3.05, 3.63) is 34.4 Å². The van der Waals surface area contributed by atoms with E-state index >= 15 is 0 Å². The van der Waals surface area contributed by atoms with Gasteiger partial charge in [0.05, 0.1) is 11.0 Å². The number of nitro benzene ring substituents is 1. The fourth-order valence-electron chi connectivity index (χ4n) is 2.26. The number of carbonyl (C=O) groups is 1. The Balaban J connectivity index is 1.85. The van der Waals surface area contributed by atoms with Gasteiger partial charge in [-0.05, 0) is 24.5 Å². The van der Waals surface area contributed by atoms with E-state index in [9.17, 15) is 20.0 Å². The van der Waals surface area contributed by atoms with Gasteiger partial charge in [-0.15, -0.1) is 0 Å². The van der Waals surface area contributed by atoms with Gasteiger partial charge in [0, 0.05) is 25.2 Å². The normalized spacial score (nSPS) is 21.9. The molecule has 0 saturated carbocycles. The van der Waals surface area contributed by atoms with Crippen LogP contribution < -0.4 is 4.74 Å². The number of nitro groups is 1. The van der Waals surface area contributed by atoms with Crippen molar-refractivity contribution in [1.82, 2.24) is 4.90 Å². The van der Waals surface area contributed by atoms with Gasteiger partial charge in [0.25, 0.3) is 11.6 Å². The van der Waals surface area contributed by atoms with E-state index < -0.39 is 4.92 Å². The number of nitrogens with zero attached hydrogens (tertiary/aromatic N) is 2. The molecule has 1 aliphatic heterocycles. The van der Waals surface area contributed by atoms with Crippen molar-refractivity contribution in [3.8, 4) is 5.75 Å². The first-order valence-corrected chi connectivity index (χ1v) is 6.80. The van der Waals surface area contributed by atoms with Gasteiger partial charge in [0.15, 0.2) is 6.61 Å². The SMILES string of the molecule is CC1CN(C(=O)COc2ccc([N+](=O)[O-])cc2)CCC1O. The van der Waals surface area contributed by atoms with Crippen LogP contribution in [0.25, 0.3) is 0 Å². The summed E-state index contributed by atoms with van der Waals surface area (Å²) in [6, 6.07) is 5.60. The summed E-state index contributed by atoms with van der Waals surface area (Å²) in [5.41, 5.74) is -0.0208. The molecule has 2 rings (SSSR count). The number of amides is 1. The summed E-state index contributed by atoms with van der Waals surface area (Å²) in [7, 11) is 0. The molecule has 1 aromatic rings. The Labute approximate surface area is 122 Å². The van der Waals surface area contributed by atoms with E-state index in [1.165, 1.54) is 24.3 Å². The van der Waals surface area contributed by atoms with Gasteiger partial charge in [-0.2, -0.15) is 0 Å². The summed E-state index contributed by atoms with van der Waals surface area (Å²) >= 11 is 0. The van der Waals surface area contributed by atoms with Crippen LogP contribution in [0.1, 0.15) is 13.3 Å². The van der Waals surface area contributed by atoms with Gasteiger partial charge >= 0.3 is 0 Å². The zero-order valence-corrected chi connectivity index (χ0v) is 11.8. The highest BCUT2D eigenvalue weighted by Gasteiger charge is 2.27.